The standard InChI is InChI=1S/C29H30N2O3/c1-18-7-10-23(11-8-18)26-27(30-25-17-19(2)6-9-22(25)5)29(33)31(28(26)32)12-13-34-24-15-20(3)14-21(4)16-24/h6-11,14-17,30H,12-13H2,1-5H3. The van der Waals surface area contributed by atoms with Crippen LogP contribution in [0, 0.1) is 34.6 Å². The quantitative estimate of drug-likeness (QED) is 0.479. The number of anilines is 1. The van der Waals surface area contributed by atoms with E-state index in [-0.39, 0.29) is 25.0 Å². The highest BCUT2D eigenvalue weighted by molar-refractivity contribution is 6.36. The lowest BCUT2D eigenvalue weighted by molar-refractivity contribution is -0.137. The van der Waals surface area contributed by atoms with Crippen LogP contribution in [-0.4, -0.2) is 29.9 Å². The smallest absolute Gasteiger partial charge is 0.278 e. The summed E-state index contributed by atoms with van der Waals surface area (Å²) in [5.74, 6) is 0.0771. The molecule has 0 radical (unpaired) electrons. The van der Waals surface area contributed by atoms with Gasteiger partial charge in [0.2, 0.25) is 0 Å². The minimum Gasteiger partial charge on any atom is -0.492 e. The molecule has 34 heavy (non-hydrogen) atoms. The Morgan fingerprint density at radius 3 is 2.06 bits per heavy atom. The molecule has 1 N–H and O–H groups in total. The summed E-state index contributed by atoms with van der Waals surface area (Å²) in [5, 5.41) is 3.27. The van der Waals surface area contributed by atoms with Gasteiger partial charge in [-0.05, 0) is 80.6 Å². The third-order valence-electron chi connectivity index (χ3n) is 5.94. The maximum absolute atomic E-state index is 13.5. The summed E-state index contributed by atoms with van der Waals surface area (Å²) in [6.45, 7) is 10.4. The Kier molecular flexibility index (Phi) is 6.55. The molecular weight excluding hydrogens is 424 g/mol. The van der Waals surface area contributed by atoms with Crippen molar-refractivity contribution < 1.29 is 14.3 Å². The third kappa shape index (κ3) is 4.88. The first-order chi connectivity index (χ1) is 16.2. The van der Waals surface area contributed by atoms with Crippen LogP contribution >= 0.6 is 0 Å². The molecule has 1 heterocycles. The van der Waals surface area contributed by atoms with E-state index in [1.807, 2.05) is 89.2 Å². The molecule has 0 unspecified atom stereocenters. The van der Waals surface area contributed by atoms with Crippen LogP contribution in [0.4, 0.5) is 5.69 Å². The van der Waals surface area contributed by atoms with Crippen LogP contribution in [0.15, 0.2) is 66.4 Å². The van der Waals surface area contributed by atoms with Gasteiger partial charge in [0, 0.05) is 5.69 Å². The summed E-state index contributed by atoms with van der Waals surface area (Å²) in [6.07, 6.45) is 0. The number of benzene rings is 3. The van der Waals surface area contributed by atoms with Crippen molar-refractivity contribution in [3.05, 3.63) is 99.7 Å². The lowest BCUT2D eigenvalue weighted by atomic mass is 10.0. The predicted octanol–water partition coefficient (Wildman–Crippen LogP) is 5.50. The van der Waals surface area contributed by atoms with Gasteiger partial charge in [0.05, 0.1) is 12.1 Å². The Labute approximate surface area is 201 Å². The topological polar surface area (TPSA) is 58.6 Å². The number of nitrogens with one attached hydrogen (secondary N) is 1. The summed E-state index contributed by atoms with van der Waals surface area (Å²) in [6, 6.07) is 19.6. The van der Waals surface area contributed by atoms with E-state index >= 15 is 0 Å². The molecule has 4 rings (SSSR count). The van der Waals surface area contributed by atoms with Gasteiger partial charge in [0.1, 0.15) is 18.1 Å². The Bertz CT molecular complexity index is 1270. The molecule has 0 saturated carbocycles. The van der Waals surface area contributed by atoms with Crippen molar-refractivity contribution in [1.29, 1.82) is 0 Å². The zero-order valence-electron chi connectivity index (χ0n) is 20.4. The molecule has 0 aromatic heterocycles. The maximum Gasteiger partial charge on any atom is 0.278 e. The van der Waals surface area contributed by atoms with Crippen LogP contribution in [0.25, 0.3) is 5.57 Å². The van der Waals surface area contributed by atoms with E-state index in [1.165, 1.54) is 4.90 Å². The SMILES string of the molecule is Cc1ccc(C2=C(Nc3cc(C)ccc3C)C(=O)N(CCOc3cc(C)cc(C)c3)C2=O)cc1. The summed E-state index contributed by atoms with van der Waals surface area (Å²) in [7, 11) is 0. The van der Waals surface area contributed by atoms with Crippen LogP contribution in [-0.2, 0) is 9.59 Å². The summed E-state index contributed by atoms with van der Waals surface area (Å²) < 4.78 is 5.89. The Balaban J connectivity index is 1.61. The fourth-order valence-electron chi connectivity index (χ4n) is 4.16. The molecule has 5 heteroatoms. The van der Waals surface area contributed by atoms with Gasteiger partial charge < -0.3 is 10.1 Å². The van der Waals surface area contributed by atoms with Gasteiger partial charge >= 0.3 is 0 Å². The number of hydrogen-bond donors (Lipinski definition) is 1. The second-order valence-electron chi connectivity index (χ2n) is 8.99. The first-order valence-electron chi connectivity index (χ1n) is 11.5. The normalized spacial score (nSPS) is 13.6. The Morgan fingerprint density at radius 2 is 1.38 bits per heavy atom. The first kappa shape index (κ1) is 23.3. The second-order valence-corrected chi connectivity index (χ2v) is 8.99. The van der Waals surface area contributed by atoms with E-state index in [9.17, 15) is 9.59 Å². The van der Waals surface area contributed by atoms with Gasteiger partial charge in [-0.1, -0.05) is 48.0 Å². The summed E-state index contributed by atoms with van der Waals surface area (Å²) in [5.41, 5.74) is 7.58. The van der Waals surface area contributed by atoms with E-state index in [1.54, 1.807) is 0 Å². The number of carbonyl (C=O) groups excluding carboxylic acids is 2. The average Bonchev–Trinajstić information content (AvgIpc) is 3.00. The molecule has 0 aliphatic carbocycles. The zero-order valence-corrected chi connectivity index (χ0v) is 20.4. The predicted molar refractivity (Wildman–Crippen MR) is 136 cm³/mol. The van der Waals surface area contributed by atoms with Gasteiger partial charge in [0.25, 0.3) is 11.8 Å². The van der Waals surface area contributed by atoms with Crippen molar-refractivity contribution >= 4 is 23.1 Å². The third-order valence-corrected chi connectivity index (χ3v) is 5.94. The number of rotatable bonds is 7. The van der Waals surface area contributed by atoms with E-state index in [0.717, 1.165) is 44.8 Å². The molecule has 0 spiro atoms. The molecule has 3 aromatic rings. The van der Waals surface area contributed by atoms with Gasteiger partial charge in [-0.2, -0.15) is 0 Å². The highest BCUT2D eigenvalue weighted by Crippen LogP contribution is 2.31. The first-order valence-corrected chi connectivity index (χ1v) is 11.5. The van der Waals surface area contributed by atoms with E-state index < -0.39 is 0 Å². The van der Waals surface area contributed by atoms with Gasteiger partial charge in [-0.25, -0.2) is 0 Å². The summed E-state index contributed by atoms with van der Waals surface area (Å²) in [4.78, 5) is 28.2. The molecule has 2 amide bonds. The number of carbonyl (C=O) groups is 2. The fourth-order valence-corrected chi connectivity index (χ4v) is 4.16. The number of hydrogen-bond acceptors (Lipinski definition) is 4. The van der Waals surface area contributed by atoms with Crippen LogP contribution in [0.3, 0.4) is 0 Å². The summed E-state index contributed by atoms with van der Waals surface area (Å²) >= 11 is 0. The van der Waals surface area contributed by atoms with E-state index in [2.05, 4.69) is 11.4 Å². The average molecular weight is 455 g/mol. The fraction of sp³-hybridized carbons (Fsp3) is 0.241. The van der Waals surface area contributed by atoms with Crippen LogP contribution in [0.2, 0.25) is 0 Å². The van der Waals surface area contributed by atoms with Crippen molar-refractivity contribution in [2.45, 2.75) is 34.6 Å². The van der Waals surface area contributed by atoms with Crippen molar-refractivity contribution in [1.82, 2.24) is 4.90 Å². The van der Waals surface area contributed by atoms with Gasteiger partial charge in [0.15, 0.2) is 0 Å². The maximum atomic E-state index is 13.5. The van der Waals surface area contributed by atoms with Crippen molar-refractivity contribution in [2.24, 2.45) is 0 Å². The molecular formula is C29H30N2O3. The molecule has 0 atom stereocenters. The second kappa shape index (κ2) is 9.56. The molecule has 0 fully saturated rings. The number of nitrogens with zero attached hydrogens (tertiary/aromatic N) is 1. The Morgan fingerprint density at radius 1 is 0.735 bits per heavy atom. The number of imide groups is 1. The molecule has 174 valence electrons. The highest BCUT2D eigenvalue weighted by Gasteiger charge is 2.39. The molecule has 1 aliphatic heterocycles. The van der Waals surface area contributed by atoms with Gasteiger partial charge in [-0.3, -0.25) is 14.5 Å². The monoisotopic (exact) mass is 454 g/mol. The highest BCUT2D eigenvalue weighted by atomic mass is 16.5. The van der Waals surface area contributed by atoms with Gasteiger partial charge in [-0.15, -0.1) is 0 Å². The largest absolute Gasteiger partial charge is 0.492 e. The van der Waals surface area contributed by atoms with E-state index in [4.69, 9.17) is 4.74 Å². The van der Waals surface area contributed by atoms with E-state index in [0.29, 0.717) is 11.3 Å². The van der Waals surface area contributed by atoms with Crippen LogP contribution < -0.4 is 10.1 Å². The Hall–Kier alpha value is -3.86. The lowest BCUT2D eigenvalue weighted by Crippen LogP contribution is -2.36. The van der Waals surface area contributed by atoms with Crippen molar-refractivity contribution in [3.63, 3.8) is 0 Å². The number of aryl methyl sites for hydroxylation is 5. The number of ether oxygens (including phenoxy) is 1. The molecule has 5 nitrogen and oxygen atoms in total. The minimum absolute atomic E-state index is 0.165. The number of amides is 2. The molecule has 0 bridgehead atoms. The van der Waals surface area contributed by atoms with Crippen molar-refractivity contribution in [2.75, 3.05) is 18.5 Å². The molecule has 3 aromatic carbocycles. The van der Waals surface area contributed by atoms with Crippen molar-refractivity contribution in [3.8, 4) is 5.75 Å². The lowest BCUT2D eigenvalue weighted by Gasteiger charge is -2.16. The zero-order chi connectivity index (χ0) is 24.4. The molecule has 0 saturated heterocycles. The van der Waals surface area contributed by atoms with Crippen LogP contribution in [0.1, 0.15) is 33.4 Å². The minimum atomic E-state index is -0.342. The van der Waals surface area contributed by atoms with Crippen LogP contribution in [0.5, 0.6) is 5.75 Å². The molecule has 1 aliphatic rings.